The largest absolute Gasteiger partial charge is 0.349 e. The van der Waals surface area contributed by atoms with Crippen molar-refractivity contribution in [3.8, 4) is 0 Å². The van der Waals surface area contributed by atoms with Gasteiger partial charge in [0, 0.05) is 11.3 Å². The molecule has 1 saturated carbocycles. The molecule has 2 atom stereocenters. The molecule has 1 saturated heterocycles. The van der Waals surface area contributed by atoms with Crippen LogP contribution >= 0.6 is 11.8 Å². The third-order valence-corrected chi connectivity index (χ3v) is 7.08. The van der Waals surface area contributed by atoms with E-state index in [4.69, 9.17) is 0 Å². The number of thioether (sulfide) groups is 1. The second-order valence-corrected chi connectivity index (χ2v) is 9.26. The number of benzene rings is 1. The molecule has 7 heteroatoms. The van der Waals surface area contributed by atoms with Gasteiger partial charge in [0.15, 0.2) is 0 Å². The van der Waals surface area contributed by atoms with Gasteiger partial charge in [0.05, 0.1) is 32.6 Å². The molecule has 5 nitrogen and oxygen atoms in total. The van der Waals surface area contributed by atoms with Crippen LogP contribution in [-0.4, -0.2) is 61.1 Å². The maximum absolute atomic E-state index is 13.7. The highest BCUT2D eigenvalue weighted by Crippen LogP contribution is 2.41. The van der Waals surface area contributed by atoms with Gasteiger partial charge in [-0.2, -0.15) is 0 Å². The van der Waals surface area contributed by atoms with Gasteiger partial charge in [0.25, 0.3) is 5.91 Å². The summed E-state index contributed by atoms with van der Waals surface area (Å²) in [5.74, 6) is 0.237. The fourth-order valence-corrected chi connectivity index (χ4v) is 5.73. The van der Waals surface area contributed by atoms with Gasteiger partial charge in [0.1, 0.15) is 11.9 Å². The van der Waals surface area contributed by atoms with Gasteiger partial charge in [-0.3, -0.25) is 9.59 Å². The lowest BCUT2D eigenvalue weighted by molar-refractivity contribution is -0.856. The monoisotopic (exact) mass is 408 g/mol. The third-order valence-electron chi connectivity index (χ3n) is 5.62. The number of likely N-dealkylation sites (N-methyl/N-ethyl adjacent to an activating group) is 1. The Labute approximate surface area is 171 Å². The van der Waals surface area contributed by atoms with Gasteiger partial charge in [-0.05, 0) is 37.0 Å². The standard InChI is InChI=1S/C21H30FN3O2S/c1-24(2)12-11-23-19(26)18-14-28-21(15-7-4-3-5-8-15)25(18)20(27)16-9-6-10-17(22)13-16/h6,9-10,13,15,18,21H,3-5,7-8,11-12,14H2,1-2H3,(H,23,26)/p+1/t18-,21-/m0/s1. The molecule has 0 bridgehead atoms. The Hall–Kier alpha value is -1.60. The molecular formula is C21H31FN3O2S+. The first-order chi connectivity index (χ1) is 13.5. The average Bonchev–Trinajstić information content (AvgIpc) is 3.13. The Morgan fingerprint density at radius 3 is 2.68 bits per heavy atom. The maximum atomic E-state index is 13.7. The van der Waals surface area contributed by atoms with Crippen LogP contribution in [0.1, 0.15) is 42.5 Å². The third kappa shape index (κ3) is 5.06. The predicted octanol–water partition coefficient (Wildman–Crippen LogP) is 1.55. The number of halogens is 1. The van der Waals surface area contributed by atoms with Crippen molar-refractivity contribution < 1.29 is 18.9 Å². The minimum absolute atomic E-state index is 0.00806. The van der Waals surface area contributed by atoms with Crippen molar-refractivity contribution in [1.29, 1.82) is 0 Å². The Balaban J connectivity index is 1.80. The molecule has 0 radical (unpaired) electrons. The molecule has 1 aliphatic carbocycles. The summed E-state index contributed by atoms with van der Waals surface area (Å²) in [4.78, 5) is 29.2. The van der Waals surface area contributed by atoms with Gasteiger partial charge in [0.2, 0.25) is 5.91 Å². The van der Waals surface area contributed by atoms with E-state index in [1.54, 1.807) is 28.8 Å². The van der Waals surface area contributed by atoms with Crippen molar-refractivity contribution in [1.82, 2.24) is 10.2 Å². The SMILES string of the molecule is C[NH+](C)CCNC(=O)[C@@H]1CS[C@@H](C2CCCCC2)N1C(=O)c1cccc(F)c1. The lowest BCUT2D eigenvalue weighted by atomic mass is 9.88. The van der Waals surface area contributed by atoms with Gasteiger partial charge in [-0.1, -0.05) is 25.3 Å². The lowest BCUT2D eigenvalue weighted by Crippen LogP contribution is -3.06. The van der Waals surface area contributed by atoms with Crippen LogP contribution in [0.3, 0.4) is 0 Å². The van der Waals surface area contributed by atoms with Crippen LogP contribution in [0.15, 0.2) is 24.3 Å². The number of carbonyl (C=O) groups excluding carboxylic acids is 2. The van der Waals surface area contributed by atoms with E-state index < -0.39 is 11.9 Å². The quantitative estimate of drug-likeness (QED) is 0.751. The highest BCUT2D eigenvalue weighted by atomic mass is 32.2. The predicted molar refractivity (Wildman–Crippen MR) is 110 cm³/mol. The van der Waals surface area contributed by atoms with Gasteiger partial charge < -0.3 is 15.1 Å². The van der Waals surface area contributed by atoms with Crippen molar-refractivity contribution in [3.63, 3.8) is 0 Å². The van der Waals surface area contributed by atoms with Crippen molar-refractivity contribution >= 4 is 23.6 Å². The highest BCUT2D eigenvalue weighted by molar-refractivity contribution is 8.00. The molecule has 1 aliphatic heterocycles. The second-order valence-electron chi connectivity index (χ2n) is 8.11. The molecule has 2 amide bonds. The normalized spacial score (nSPS) is 23.2. The smallest absolute Gasteiger partial charge is 0.255 e. The van der Waals surface area contributed by atoms with E-state index in [2.05, 4.69) is 5.32 Å². The summed E-state index contributed by atoms with van der Waals surface area (Å²) in [6, 6.07) is 5.30. The number of hydrogen-bond acceptors (Lipinski definition) is 3. The molecule has 2 fully saturated rings. The van der Waals surface area contributed by atoms with E-state index in [1.807, 2.05) is 14.1 Å². The molecule has 1 heterocycles. The number of nitrogens with zero attached hydrogens (tertiary/aromatic N) is 1. The highest BCUT2D eigenvalue weighted by Gasteiger charge is 2.45. The summed E-state index contributed by atoms with van der Waals surface area (Å²) in [7, 11) is 4.08. The second kappa shape index (κ2) is 9.74. The minimum Gasteiger partial charge on any atom is -0.349 e. The number of nitrogens with one attached hydrogen (secondary N) is 2. The molecular weight excluding hydrogens is 377 g/mol. The first kappa shape index (κ1) is 21.1. The topological polar surface area (TPSA) is 53.9 Å². The molecule has 1 aromatic rings. The first-order valence-electron chi connectivity index (χ1n) is 10.2. The van der Waals surface area contributed by atoms with Crippen molar-refractivity contribution in [2.24, 2.45) is 5.92 Å². The number of rotatable bonds is 6. The summed E-state index contributed by atoms with van der Waals surface area (Å²) >= 11 is 1.71. The Morgan fingerprint density at radius 1 is 1.25 bits per heavy atom. The van der Waals surface area contributed by atoms with E-state index in [0.29, 0.717) is 23.8 Å². The van der Waals surface area contributed by atoms with Crippen molar-refractivity contribution in [3.05, 3.63) is 35.6 Å². The Bertz CT molecular complexity index is 694. The van der Waals surface area contributed by atoms with Gasteiger partial charge in [-0.15, -0.1) is 11.8 Å². The fraction of sp³-hybridized carbons (Fsp3) is 0.619. The zero-order valence-corrected chi connectivity index (χ0v) is 17.6. The van der Waals surface area contributed by atoms with Crippen LogP contribution in [0.25, 0.3) is 0 Å². The minimum atomic E-state index is -0.496. The zero-order chi connectivity index (χ0) is 20.1. The van der Waals surface area contributed by atoms with Crippen LogP contribution in [0.2, 0.25) is 0 Å². The number of amides is 2. The number of hydrogen-bond donors (Lipinski definition) is 2. The van der Waals surface area contributed by atoms with Crippen molar-refractivity contribution in [2.75, 3.05) is 32.9 Å². The summed E-state index contributed by atoms with van der Waals surface area (Å²) < 4.78 is 13.7. The molecule has 0 spiro atoms. The van der Waals surface area contributed by atoms with E-state index in [1.165, 1.54) is 36.3 Å². The maximum Gasteiger partial charge on any atom is 0.255 e. The van der Waals surface area contributed by atoms with Crippen LogP contribution in [0.5, 0.6) is 0 Å². The van der Waals surface area contributed by atoms with Crippen molar-refractivity contribution in [2.45, 2.75) is 43.5 Å². The average molecular weight is 409 g/mol. The van der Waals surface area contributed by atoms with Crippen LogP contribution in [0.4, 0.5) is 4.39 Å². The Morgan fingerprint density at radius 2 is 2.00 bits per heavy atom. The van der Waals surface area contributed by atoms with Crippen LogP contribution < -0.4 is 10.2 Å². The summed E-state index contributed by atoms with van der Waals surface area (Å²) in [5, 5.41) is 2.98. The molecule has 0 unspecified atom stereocenters. The number of carbonyl (C=O) groups is 2. The van der Waals surface area contributed by atoms with E-state index in [9.17, 15) is 14.0 Å². The summed E-state index contributed by atoms with van der Waals surface area (Å²) in [6.07, 6.45) is 5.76. The molecule has 28 heavy (non-hydrogen) atoms. The molecule has 2 aliphatic rings. The summed E-state index contributed by atoms with van der Waals surface area (Å²) in [5.41, 5.74) is 0.318. The van der Waals surface area contributed by atoms with E-state index in [-0.39, 0.29) is 17.2 Å². The molecule has 2 N–H and O–H groups in total. The van der Waals surface area contributed by atoms with Gasteiger partial charge >= 0.3 is 0 Å². The van der Waals surface area contributed by atoms with E-state index in [0.717, 1.165) is 19.4 Å². The van der Waals surface area contributed by atoms with Gasteiger partial charge in [-0.25, -0.2) is 4.39 Å². The molecule has 3 rings (SSSR count). The zero-order valence-electron chi connectivity index (χ0n) is 16.7. The van der Waals surface area contributed by atoms with Crippen LogP contribution in [0, 0.1) is 11.7 Å². The van der Waals surface area contributed by atoms with Crippen LogP contribution in [-0.2, 0) is 4.79 Å². The summed E-state index contributed by atoms with van der Waals surface area (Å²) in [6.45, 7) is 1.41. The first-order valence-corrected chi connectivity index (χ1v) is 11.3. The fourth-order valence-electron chi connectivity index (χ4n) is 4.09. The molecule has 0 aromatic heterocycles. The molecule has 1 aromatic carbocycles. The Kier molecular flexibility index (Phi) is 7.35. The number of quaternary nitrogens is 1. The molecule has 154 valence electrons. The lowest BCUT2D eigenvalue weighted by Gasteiger charge is -2.35. The van der Waals surface area contributed by atoms with E-state index >= 15 is 0 Å².